The van der Waals surface area contributed by atoms with Gasteiger partial charge in [-0.15, -0.1) is 0 Å². The van der Waals surface area contributed by atoms with Crippen LogP contribution in [0.1, 0.15) is 36.2 Å². The highest BCUT2D eigenvalue weighted by Gasteiger charge is 2.23. The number of benzene rings is 1. The largest absolute Gasteiger partial charge is 0.391 e. The van der Waals surface area contributed by atoms with E-state index in [9.17, 15) is 14.7 Å². The van der Waals surface area contributed by atoms with Gasteiger partial charge >= 0.3 is 0 Å². The molecule has 1 atom stereocenters. The van der Waals surface area contributed by atoms with Gasteiger partial charge in [0.15, 0.2) is 0 Å². The van der Waals surface area contributed by atoms with Crippen molar-refractivity contribution in [1.82, 2.24) is 10.3 Å². The summed E-state index contributed by atoms with van der Waals surface area (Å²) in [6, 6.07) is 8.80. The summed E-state index contributed by atoms with van der Waals surface area (Å²) in [5, 5.41) is 14.1. The van der Waals surface area contributed by atoms with Gasteiger partial charge < -0.3 is 15.4 Å². The van der Waals surface area contributed by atoms with Crippen LogP contribution in [-0.4, -0.2) is 28.6 Å². The Labute approximate surface area is 128 Å². The smallest absolute Gasteiger partial charge is 0.267 e. The zero-order valence-corrected chi connectivity index (χ0v) is 12.3. The topological polar surface area (TPSA) is 82.2 Å². The van der Waals surface area contributed by atoms with E-state index >= 15 is 0 Å². The van der Waals surface area contributed by atoms with Gasteiger partial charge in [-0.2, -0.15) is 0 Å². The third-order valence-electron chi connectivity index (χ3n) is 4.41. The van der Waals surface area contributed by atoms with Crippen molar-refractivity contribution < 1.29 is 9.90 Å². The standard InChI is InChI=1S/C17H20N2O3/c20-15(11-5-1-2-6-11)10-18-17(22)14-9-12-7-3-4-8-13(12)16(21)19-14/h3-4,7-9,11,15,20H,1-2,5-6,10H2,(H,18,22)(H,19,21). The van der Waals surface area contributed by atoms with Crippen molar-refractivity contribution in [3.8, 4) is 0 Å². The van der Waals surface area contributed by atoms with E-state index in [1.54, 1.807) is 24.3 Å². The fourth-order valence-corrected chi connectivity index (χ4v) is 3.13. The monoisotopic (exact) mass is 300 g/mol. The first-order valence-corrected chi connectivity index (χ1v) is 7.73. The van der Waals surface area contributed by atoms with Crippen molar-refractivity contribution in [3.63, 3.8) is 0 Å². The Kier molecular flexibility index (Phi) is 4.24. The lowest BCUT2D eigenvalue weighted by Gasteiger charge is -2.18. The summed E-state index contributed by atoms with van der Waals surface area (Å²) >= 11 is 0. The van der Waals surface area contributed by atoms with Crippen LogP contribution < -0.4 is 10.9 Å². The van der Waals surface area contributed by atoms with Crippen LogP contribution in [0.4, 0.5) is 0 Å². The molecule has 3 rings (SSSR count). The molecule has 1 aromatic heterocycles. The molecule has 0 aliphatic heterocycles. The number of carbonyl (C=O) groups is 1. The van der Waals surface area contributed by atoms with Gasteiger partial charge in [0.25, 0.3) is 11.5 Å². The molecule has 1 aliphatic carbocycles. The quantitative estimate of drug-likeness (QED) is 0.805. The number of hydrogen-bond acceptors (Lipinski definition) is 3. The average Bonchev–Trinajstić information content (AvgIpc) is 3.06. The van der Waals surface area contributed by atoms with Crippen LogP contribution >= 0.6 is 0 Å². The van der Waals surface area contributed by atoms with E-state index in [1.165, 1.54) is 0 Å². The number of rotatable bonds is 4. The Morgan fingerprint density at radius 3 is 2.82 bits per heavy atom. The SMILES string of the molecule is O=C(NCC(O)C1CCCC1)c1cc2ccccc2c(=O)[nH]1. The number of amides is 1. The molecule has 22 heavy (non-hydrogen) atoms. The molecule has 1 saturated carbocycles. The molecule has 0 saturated heterocycles. The third-order valence-corrected chi connectivity index (χ3v) is 4.41. The van der Waals surface area contributed by atoms with Gasteiger partial charge in [0.2, 0.25) is 0 Å². The van der Waals surface area contributed by atoms with E-state index < -0.39 is 6.10 Å². The zero-order valence-electron chi connectivity index (χ0n) is 12.3. The second kappa shape index (κ2) is 6.32. The van der Waals surface area contributed by atoms with E-state index in [0.29, 0.717) is 5.39 Å². The number of aliphatic hydroxyl groups is 1. The van der Waals surface area contributed by atoms with Gasteiger partial charge in [-0.3, -0.25) is 9.59 Å². The van der Waals surface area contributed by atoms with Gasteiger partial charge in [-0.25, -0.2) is 0 Å². The minimum Gasteiger partial charge on any atom is -0.391 e. The fourth-order valence-electron chi connectivity index (χ4n) is 3.13. The molecule has 1 aromatic carbocycles. The minimum absolute atomic E-state index is 0.221. The Bertz CT molecular complexity index is 732. The molecule has 0 bridgehead atoms. The molecular formula is C17H20N2O3. The lowest BCUT2D eigenvalue weighted by molar-refractivity contribution is 0.0836. The second-order valence-electron chi connectivity index (χ2n) is 5.92. The summed E-state index contributed by atoms with van der Waals surface area (Å²) in [6.45, 7) is 0.221. The van der Waals surface area contributed by atoms with Gasteiger partial charge in [0.05, 0.1) is 6.10 Å². The molecule has 5 nitrogen and oxygen atoms in total. The first kappa shape index (κ1) is 14.8. The van der Waals surface area contributed by atoms with Crippen molar-refractivity contribution in [3.05, 3.63) is 46.4 Å². The van der Waals surface area contributed by atoms with Crippen LogP contribution in [0.2, 0.25) is 0 Å². The highest BCUT2D eigenvalue weighted by molar-refractivity contribution is 5.96. The molecule has 5 heteroatoms. The van der Waals surface area contributed by atoms with Gasteiger partial charge in [-0.1, -0.05) is 31.0 Å². The van der Waals surface area contributed by atoms with Gasteiger partial charge in [0, 0.05) is 11.9 Å². The predicted octanol–water partition coefficient (Wildman–Crippen LogP) is 1.81. The van der Waals surface area contributed by atoms with E-state index in [0.717, 1.165) is 31.1 Å². The van der Waals surface area contributed by atoms with Crippen LogP contribution in [-0.2, 0) is 0 Å². The molecular weight excluding hydrogens is 280 g/mol. The zero-order chi connectivity index (χ0) is 15.5. The highest BCUT2D eigenvalue weighted by Crippen LogP contribution is 2.27. The Hall–Kier alpha value is -2.14. The van der Waals surface area contributed by atoms with Crippen molar-refractivity contribution in [1.29, 1.82) is 0 Å². The fraction of sp³-hybridized carbons (Fsp3) is 0.412. The van der Waals surface area contributed by atoms with Gasteiger partial charge in [0.1, 0.15) is 5.69 Å². The number of carbonyl (C=O) groups excluding carboxylic acids is 1. The normalized spacial score (nSPS) is 16.8. The predicted molar refractivity (Wildman–Crippen MR) is 84.9 cm³/mol. The third kappa shape index (κ3) is 3.04. The molecule has 1 amide bonds. The molecule has 0 spiro atoms. The van der Waals surface area contributed by atoms with Crippen molar-refractivity contribution in [2.24, 2.45) is 5.92 Å². The lowest BCUT2D eigenvalue weighted by atomic mass is 10.0. The van der Waals surface area contributed by atoms with Crippen LogP contribution in [0, 0.1) is 5.92 Å². The number of nitrogens with one attached hydrogen (secondary N) is 2. The number of aliphatic hydroxyl groups excluding tert-OH is 1. The first-order valence-electron chi connectivity index (χ1n) is 7.73. The van der Waals surface area contributed by atoms with Crippen LogP contribution in [0.25, 0.3) is 10.8 Å². The lowest BCUT2D eigenvalue weighted by Crippen LogP contribution is -2.36. The number of aromatic amines is 1. The minimum atomic E-state index is -0.515. The molecule has 116 valence electrons. The summed E-state index contributed by atoms with van der Waals surface area (Å²) in [5.74, 6) is -0.0872. The molecule has 1 unspecified atom stereocenters. The first-order chi connectivity index (χ1) is 10.6. The number of aromatic nitrogens is 1. The van der Waals surface area contributed by atoms with E-state index in [-0.39, 0.29) is 29.6 Å². The molecule has 1 aliphatic rings. The molecule has 0 radical (unpaired) electrons. The van der Waals surface area contributed by atoms with Crippen LogP contribution in [0.5, 0.6) is 0 Å². The average molecular weight is 300 g/mol. The van der Waals surface area contributed by atoms with Crippen molar-refractivity contribution in [2.45, 2.75) is 31.8 Å². The van der Waals surface area contributed by atoms with Crippen molar-refractivity contribution >= 4 is 16.7 Å². The summed E-state index contributed by atoms with van der Waals surface area (Å²) in [6.07, 6.45) is 3.81. The maximum absolute atomic E-state index is 12.2. The highest BCUT2D eigenvalue weighted by atomic mass is 16.3. The van der Waals surface area contributed by atoms with E-state index in [1.807, 2.05) is 6.07 Å². The summed E-state index contributed by atoms with van der Waals surface area (Å²) in [5.41, 5.74) is -0.0538. The molecule has 1 heterocycles. The molecule has 3 N–H and O–H groups in total. The van der Waals surface area contributed by atoms with Crippen molar-refractivity contribution in [2.75, 3.05) is 6.54 Å². The second-order valence-corrected chi connectivity index (χ2v) is 5.92. The number of H-pyrrole nitrogens is 1. The maximum Gasteiger partial charge on any atom is 0.267 e. The Morgan fingerprint density at radius 1 is 1.32 bits per heavy atom. The van der Waals surface area contributed by atoms with E-state index in [4.69, 9.17) is 0 Å². The molecule has 1 fully saturated rings. The number of fused-ring (bicyclic) bond motifs is 1. The number of hydrogen-bond donors (Lipinski definition) is 3. The number of pyridine rings is 1. The maximum atomic E-state index is 12.2. The Morgan fingerprint density at radius 2 is 2.05 bits per heavy atom. The van der Waals surface area contributed by atoms with Gasteiger partial charge in [-0.05, 0) is 36.3 Å². The van der Waals surface area contributed by atoms with E-state index in [2.05, 4.69) is 10.3 Å². The molecule has 2 aromatic rings. The Balaban J connectivity index is 1.71. The summed E-state index contributed by atoms with van der Waals surface area (Å²) < 4.78 is 0. The summed E-state index contributed by atoms with van der Waals surface area (Å²) in [4.78, 5) is 26.7. The summed E-state index contributed by atoms with van der Waals surface area (Å²) in [7, 11) is 0. The van der Waals surface area contributed by atoms with Crippen LogP contribution in [0.3, 0.4) is 0 Å². The van der Waals surface area contributed by atoms with Crippen LogP contribution in [0.15, 0.2) is 35.1 Å².